The maximum atomic E-state index is 12.2. The molecule has 0 aromatic rings. The normalized spacial score (nSPS) is 18.9. The van der Waals surface area contributed by atoms with Gasteiger partial charge in [-0.3, -0.25) is 9.59 Å². The van der Waals surface area contributed by atoms with Gasteiger partial charge in [-0.05, 0) is 26.3 Å². The number of amides is 2. The second-order valence-corrected chi connectivity index (χ2v) is 5.03. The van der Waals surface area contributed by atoms with E-state index in [-0.39, 0.29) is 11.8 Å². The van der Waals surface area contributed by atoms with Crippen molar-refractivity contribution in [3.8, 4) is 0 Å². The van der Waals surface area contributed by atoms with Gasteiger partial charge in [-0.25, -0.2) is 0 Å². The summed E-state index contributed by atoms with van der Waals surface area (Å²) in [6.45, 7) is 4.45. The lowest BCUT2D eigenvalue weighted by molar-refractivity contribution is -0.148. The van der Waals surface area contributed by atoms with Crippen LogP contribution in [0.4, 0.5) is 0 Å². The quantitative estimate of drug-likeness (QED) is 0.627. The van der Waals surface area contributed by atoms with Crippen LogP contribution in [0.15, 0.2) is 0 Å². The van der Waals surface area contributed by atoms with E-state index in [1.54, 1.807) is 4.90 Å². The average Bonchev–Trinajstić information content (AvgIpc) is 2.47. The van der Waals surface area contributed by atoms with Gasteiger partial charge in [0.1, 0.15) is 6.04 Å². The Morgan fingerprint density at radius 2 is 2.05 bits per heavy atom. The van der Waals surface area contributed by atoms with Gasteiger partial charge in [0, 0.05) is 19.5 Å². The van der Waals surface area contributed by atoms with E-state index in [1.165, 1.54) is 0 Å². The Morgan fingerprint density at radius 1 is 1.30 bits per heavy atom. The fourth-order valence-electron chi connectivity index (χ4n) is 2.33. The largest absolute Gasteiger partial charge is 0.377 e. The number of nitrogens with one attached hydrogen (secondary N) is 1. The Balaban J connectivity index is 2.40. The maximum absolute atomic E-state index is 12.2. The molecule has 2 amide bonds. The lowest BCUT2D eigenvalue weighted by Crippen LogP contribution is -2.55. The Morgan fingerprint density at radius 3 is 2.75 bits per heavy atom. The molecule has 20 heavy (non-hydrogen) atoms. The summed E-state index contributed by atoms with van der Waals surface area (Å²) in [4.78, 5) is 25.8. The molecule has 116 valence electrons. The van der Waals surface area contributed by atoms with Gasteiger partial charge in [-0.1, -0.05) is 12.8 Å². The zero-order valence-corrected chi connectivity index (χ0v) is 12.4. The number of rotatable bonds is 8. The van der Waals surface area contributed by atoms with Crippen LogP contribution < -0.4 is 11.1 Å². The third-order valence-corrected chi connectivity index (χ3v) is 3.45. The van der Waals surface area contributed by atoms with E-state index in [9.17, 15) is 9.59 Å². The first-order valence-corrected chi connectivity index (χ1v) is 7.55. The molecule has 1 unspecified atom stereocenters. The minimum atomic E-state index is -0.472. The molecule has 3 N–H and O–H groups in total. The van der Waals surface area contributed by atoms with E-state index in [1.807, 2.05) is 6.92 Å². The molecule has 1 saturated heterocycles. The summed E-state index contributed by atoms with van der Waals surface area (Å²) >= 11 is 0. The number of hydrogen-bond acceptors (Lipinski definition) is 4. The highest BCUT2D eigenvalue weighted by molar-refractivity contribution is 5.88. The van der Waals surface area contributed by atoms with Gasteiger partial charge in [0.05, 0.1) is 13.2 Å². The van der Waals surface area contributed by atoms with Crippen LogP contribution in [0, 0.1) is 0 Å². The predicted molar refractivity (Wildman–Crippen MR) is 77.1 cm³/mol. The van der Waals surface area contributed by atoms with Crippen molar-refractivity contribution in [2.45, 2.75) is 45.1 Å². The Labute approximate surface area is 121 Å². The molecule has 0 spiro atoms. The van der Waals surface area contributed by atoms with Crippen molar-refractivity contribution >= 4 is 11.8 Å². The van der Waals surface area contributed by atoms with Crippen LogP contribution in [0.1, 0.15) is 39.0 Å². The van der Waals surface area contributed by atoms with Crippen molar-refractivity contribution in [1.82, 2.24) is 10.2 Å². The molecule has 1 aliphatic rings. The van der Waals surface area contributed by atoms with E-state index in [0.29, 0.717) is 39.3 Å². The number of carbonyl (C=O) groups is 2. The molecule has 6 heteroatoms. The Bertz CT molecular complexity index is 310. The maximum Gasteiger partial charge on any atom is 0.245 e. The number of nitrogens with zero attached hydrogens (tertiary/aromatic N) is 1. The van der Waals surface area contributed by atoms with Crippen molar-refractivity contribution in [3.05, 3.63) is 0 Å². The second kappa shape index (κ2) is 9.72. The number of likely N-dealkylation sites (N-methyl/N-ethyl adjacent to an activating group) is 1. The molecule has 1 fully saturated rings. The molecule has 0 aromatic carbocycles. The molecule has 1 aliphatic heterocycles. The number of hydrogen-bond donors (Lipinski definition) is 2. The van der Waals surface area contributed by atoms with E-state index in [2.05, 4.69) is 5.32 Å². The highest BCUT2D eigenvalue weighted by atomic mass is 16.5. The molecular formula is C14H27N3O3. The molecule has 0 bridgehead atoms. The van der Waals surface area contributed by atoms with Gasteiger partial charge in [0.2, 0.25) is 11.8 Å². The van der Waals surface area contributed by atoms with Gasteiger partial charge in [0.15, 0.2) is 0 Å². The zero-order valence-electron chi connectivity index (χ0n) is 12.4. The zero-order chi connectivity index (χ0) is 14.8. The van der Waals surface area contributed by atoms with E-state index >= 15 is 0 Å². The van der Waals surface area contributed by atoms with E-state index in [4.69, 9.17) is 10.5 Å². The van der Waals surface area contributed by atoms with Crippen LogP contribution in [0.2, 0.25) is 0 Å². The lowest BCUT2D eigenvalue weighted by Gasteiger charge is -2.34. The fourth-order valence-corrected chi connectivity index (χ4v) is 2.33. The second-order valence-electron chi connectivity index (χ2n) is 5.03. The molecule has 0 saturated carbocycles. The van der Waals surface area contributed by atoms with E-state index < -0.39 is 6.04 Å². The summed E-state index contributed by atoms with van der Waals surface area (Å²) < 4.78 is 5.32. The van der Waals surface area contributed by atoms with Crippen LogP contribution >= 0.6 is 0 Å². The Kier molecular flexibility index (Phi) is 8.22. The topological polar surface area (TPSA) is 84.7 Å². The van der Waals surface area contributed by atoms with Gasteiger partial charge < -0.3 is 20.7 Å². The van der Waals surface area contributed by atoms with Crippen LogP contribution in [0.3, 0.4) is 0 Å². The third-order valence-electron chi connectivity index (χ3n) is 3.45. The molecule has 6 nitrogen and oxygen atoms in total. The van der Waals surface area contributed by atoms with Crippen LogP contribution in [-0.4, -0.2) is 55.6 Å². The first-order chi connectivity index (χ1) is 9.70. The molecular weight excluding hydrogens is 258 g/mol. The van der Waals surface area contributed by atoms with E-state index in [0.717, 1.165) is 25.7 Å². The predicted octanol–water partition coefficient (Wildman–Crippen LogP) is 0.259. The highest BCUT2D eigenvalue weighted by Crippen LogP contribution is 2.12. The summed E-state index contributed by atoms with van der Waals surface area (Å²) in [6.07, 6.45) is 4.44. The molecule has 0 aromatic heterocycles. The molecule has 0 radical (unpaired) electrons. The SMILES string of the molecule is CCNC(=O)C1COCCN1C(=O)CCCCCCN. The van der Waals surface area contributed by atoms with Gasteiger partial charge in [-0.2, -0.15) is 0 Å². The molecule has 1 heterocycles. The van der Waals surface area contributed by atoms with Crippen LogP contribution in [0.25, 0.3) is 0 Å². The number of morpholine rings is 1. The fraction of sp³-hybridized carbons (Fsp3) is 0.857. The summed E-state index contributed by atoms with van der Waals surface area (Å²) in [5.74, 6) is -0.0685. The standard InChI is InChI=1S/C14H27N3O3/c1-2-16-14(19)12-11-20-10-9-17(12)13(18)7-5-3-4-6-8-15/h12H,2-11,15H2,1H3,(H,16,19). The van der Waals surface area contributed by atoms with Gasteiger partial charge in [0.25, 0.3) is 0 Å². The average molecular weight is 285 g/mol. The third kappa shape index (κ3) is 5.46. The first-order valence-electron chi connectivity index (χ1n) is 7.55. The van der Waals surface area contributed by atoms with Crippen molar-refractivity contribution in [1.29, 1.82) is 0 Å². The smallest absolute Gasteiger partial charge is 0.245 e. The number of nitrogens with two attached hydrogens (primary N) is 1. The minimum Gasteiger partial charge on any atom is -0.377 e. The molecule has 0 aliphatic carbocycles. The summed E-state index contributed by atoms with van der Waals surface area (Å²) in [6, 6.07) is -0.472. The summed E-state index contributed by atoms with van der Waals surface area (Å²) in [5.41, 5.74) is 5.43. The van der Waals surface area contributed by atoms with Crippen molar-refractivity contribution in [2.24, 2.45) is 5.73 Å². The molecule has 1 rings (SSSR count). The molecule has 1 atom stereocenters. The summed E-state index contributed by atoms with van der Waals surface area (Å²) in [7, 11) is 0. The first kappa shape index (κ1) is 16.9. The number of ether oxygens (including phenoxy) is 1. The van der Waals surface area contributed by atoms with Gasteiger partial charge >= 0.3 is 0 Å². The number of carbonyl (C=O) groups excluding carboxylic acids is 2. The minimum absolute atomic E-state index is 0.0531. The van der Waals surface area contributed by atoms with Crippen molar-refractivity contribution < 1.29 is 14.3 Å². The Hall–Kier alpha value is -1.14. The van der Waals surface area contributed by atoms with Crippen molar-refractivity contribution in [3.63, 3.8) is 0 Å². The van der Waals surface area contributed by atoms with Gasteiger partial charge in [-0.15, -0.1) is 0 Å². The number of unbranched alkanes of at least 4 members (excludes halogenated alkanes) is 3. The van der Waals surface area contributed by atoms with Crippen LogP contribution in [-0.2, 0) is 14.3 Å². The monoisotopic (exact) mass is 285 g/mol. The van der Waals surface area contributed by atoms with Crippen LogP contribution in [0.5, 0.6) is 0 Å². The lowest BCUT2D eigenvalue weighted by atomic mass is 10.1. The van der Waals surface area contributed by atoms with Crippen molar-refractivity contribution in [2.75, 3.05) is 32.8 Å². The highest BCUT2D eigenvalue weighted by Gasteiger charge is 2.31. The summed E-state index contributed by atoms with van der Waals surface area (Å²) in [5, 5.41) is 2.76.